The number of benzene rings is 2. The van der Waals surface area contributed by atoms with Crippen molar-refractivity contribution in [3.63, 3.8) is 0 Å². The van der Waals surface area contributed by atoms with Crippen LogP contribution in [0.1, 0.15) is 18.1 Å². The molecule has 2 rings (SSSR count). The number of carbonyl (C=O) groups excluding carboxylic acids is 1. The van der Waals surface area contributed by atoms with E-state index in [-0.39, 0.29) is 5.91 Å². The Balaban J connectivity index is 2.04. The largest absolute Gasteiger partial charge is 0.480 e. The van der Waals surface area contributed by atoms with E-state index >= 15 is 0 Å². The first-order valence-corrected chi connectivity index (χ1v) is 7.56. The van der Waals surface area contributed by atoms with Crippen molar-refractivity contribution in [2.24, 2.45) is 0 Å². The number of halogens is 1. The van der Waals surface area contributed by atoms with Gasteiger partial charge in [0.2, 0.25) is 0 Å². The minimum atomic E-state index is -0.579. The molecule has 0 saturated carbocycles. The van der Waals surface area contributed by atoms with Crippen molar-refractivity contribution in [1.29, 1.82) is 0 Å². The molecule has 1 N–H and O–H groups in total. The lowest BCUT2D eigenvalue weighted by Gasteiger charge is -2.16. The van der Waals surface area contributed by atoms with Gasteiger partial charge in [-0.3, -0.25) is 4.79 Å². The van der Waals surface area contributed by atoms with E-state index in [0.29, 0.717) is 5.75 Å². The van der Waals surface area contributed by atoms with E-state index in [1.807, 2.05) is 56.3 Å². The van der Waals surface area contributed by atoms with Crippen molar-refractivity contribution >= 4 is 27.5 Å². The molecule has 0 fully saturated rings. The third kappa shape index (κ3) is 4.08. The third-order valence-electron chi connectivity index (χ3n) is 3.15. The van der Waals surface area contributed by atoms with Gasteiger partial charge in [0, 0.05) is 5.69 Å². The zero-order valence-electron chi connectivity index (χ0n) is 12.3. The Kier molecular flexibility index (Phi) is 5.02. The van der Waals surface area contributed by atoms with Crippen LogP contribution in [-0.4, -0.2) is 12.0 Å². The standard InChI is InChI=1S/C17H18BrNO2/c1-11-8-9-15(12(2)10-11)19-17(20)13(3)21-16-7-5-4-6-14(16)18/h4-10,13H,1-3H3,(H,19,20). The molecule has 1 amide bonds. The lowest BCUT2D eigenvalue weighted by Crippen LogP contribution is -2.30. The summed E-state index contributed by atoms with van der Waals surface area (Å²) in [4.78, 5) is 12.2. The first-order chi connectivity index (χ1) is 9.97. The molecule has 0 radical (unpaired) electrons. The van der Waals surface area contributed by atoms with E-state index in [2.05, 4.69) is 21.2 Å². The van der Waals surface area contributed by atoms with Crippen LogP contribution < -0.4 is 10.1 Å². The summed E-state index contributed by atoms with van der Waals surface area (Å²) in [6, 6.07) is 13.4. The van der Waals surface area contributed by atoms with Crippen molar-refractivity contribution < 1.29 is 9.53 Å². The number of hydrogen-bond donors (Lipinski definition) is 1. The van der Waals surface area contributed by atoms with Gasteiger partial charge in [-0.15, -0.1) is 0 Å². The van der Waals surface area contributed by atoms with Gasteiger partial charge in [-0.1, -0.05) is 29.8 Å². The number of ether oxygens (including phenoxy) is 1. The van der Waals surface area contributed by atoms with Gasteiger partial charge in [-0.25, -0.2) is 0 Å². The predicted octanol–water partition coefficient (Wildman–Crippen LogP) is 4.47. The van der Waals surface area contributed by atoms with E-state index in [0.717, 1.165) is 15.7 Å². The smallest absolute Gasteiger partial charge is 0.265 e. The molecule has 110 valence electrons. The molecule has 0 heterocycles. The number of carbonyl (C=O) groups is 1. The SMILES string of the molecule is Cc1ccc(NC(=O)C(C)Oc2ccccc2Br)c(C)c1. The molecule has 0 saturated heterocycles. The molecule has 1 atom stereocenters. The minimum absolute atomic E-state index is 0.169. The third-order valence-corrected chi connectivity index (χ3v) is 3.80. The number of para-hydroxylation sites is 1. The second-order valence-electron chi connectivity index (χ2n) is 5.00. The van der Waals surface area contributed by atoms with Crippen molar-refractivity contribution in [2.45, 2.75) is 26.9 Å². The fourth-order valence-corrected chi connectivity index (χ4v) is 2.35. The van der Waals surface area contributed by atoms with Crippen LogP contribution in [0.4, 0.5) is 5.69 Å². The van der Waals surface area contributed by atoms with Crippen molar-refractivity contribution in [3.05, 3.63) is 58.1 Å². The Hall–Kier alpha value is -1.81. The molecule has 0 bridgehead atoms. The Bertz CT molecular complexity index is 655. The van der Waals surface area contributed by atoms with Gasteiger partial charge >= 0.3 is 0 Å². The molecular weight excluding hydrogens is 330 g/mol. The van der Waals surface area contributed by atoms with Gasteiger partial charge in [-0.05, 0) is 60.5 Å². The van der Waals surface area contributed by atoms with Crippen molar-refractivity contribution in [2.75, 3.05) is 5.32 Å². The lowest BCUT2D eigenvalue weighted by molar-refractivity contribution is -0.122. The number of amides is 1. The Morgan fingerprint density at radius 1 is 1.19 bits per heavy atom. The van der Waals surface area contributed by atoms with Crippen LogP contribution in [0.15, 0.2) is 46.9 Å². The van der Waals surface area contributed by atoms with Crippen LogP contribution in [0.25, 0.3) is 0 Å². The first-order valence-electron chi connectivity index (χ1n) is 6.76. The number of nitrogens with one attached hydrogen (secondary N) is 1. The summed E-state index contributed by atoms with van der Waals surface area (Å²) >= 11 is 3.40. The molecule has 0 aliphatic heterocycles. The summed E-state index contributed by atoms with van der Waals surface area (Å²) in [7, 11) is 0. The number of anilines is 1. The van der Waals surface area contributed by atoms with Crippen molar-refractivity contribution in [1.82, 2.24) is 0 Å². The summed E-state index contributed by atoms with van der Waals surface area (Å²) in [5.74, 6) is 0.485. The van der Waals surface area contributed by atoms with E-state index in [9.17, 15) is 4.79 Å². The summed E-state index contributed by atoms with van der Waals surface area (Å²) in [6.07, 6.45) is -0.579. The average Bonchev–Trinajstić information content (AvgIpc) is 2.44. The minimum Gasteiger partial charge on any atom is -0.480 e. The zero-order valence-corrected chi connectivity index (χ0v) is 13.9. The monoisotopic (exact) mass is 347 g/mol. The van der Waals surface area contributed by atoms with Crippen LogP contribution in [0.3, 0.4) is 0 Å². The van der Waals surface area contributed by atoms with E-state index in [1.54, 1.807) is 6.92 Å². The summed E-state index contributed by atoms with van der Waals surface area (Å²) in [5.41, 5.74) is 3.02. The Labute approximate surface area is 133 Å². The van der Waals surface area contributed by atoms with Gasteiger partial charge in [0.1, 0.15) is 5.75 Å². The molecule has 0 aliphatic rings. The topological polar surface area (TPSA) is 38.3 Å². The lowest BCUT2D eigenvalue weighted by atomic mass is 10.1. The van der Waals surface area contributed by atoms with E-state index in [4.69, 9.17) is 4.74 Å². The normalized spacial score (nSPS) is 11.8. The van der Waals surface area contributed by atoms with Crippen LogP contribution in [0.5, 0.6) is 5.75 Å². The molecular formula is C17H18BrNO2. The molecule has 21 heavy (non-hydrogen) atoms. The number of hydrogen-bond acceptors (Lipinski definition) is 2. The Morgan fingerprint density at radius 2 is 1.90 bits per heavy atom. The molecule has 1 unspecified atom stereocenters. The molecule has 2 aromatic rings. The molecule has 4 heteroatoms. The quantitative estimate of drug-likeness (QED) is 0.885. The second kappa shape index (κ2) is 6.76. The summed E-state index contributed by atoms with van der Waals surface area (Å²) in [5, 5.41) is 2.90. The van der Waals surface area contributed by atoms with Gasteiger partial charge in [0.15, 0.2) is 6.10 Å². The van der Waals surface area contributed by atoms with Crippen LogP contribution >= 0.6 is 15.9 Å². The van der Waals surface area contributed by atoms with E-state index < -0.39 is 6.10 Å². The number of aryl methyl sites for hydroxylation is 2. The summed E-state index contributed by atoms with van der Waals surface area (Å²) < 4.78 is 6.51. The Morgan fingerprint density at radius 3 is 2.57 bits per heavy atom. The maximum absolute atomic E-state index is 12.2. The van der Waals surface area contributed by atoms with Gasteiger partial charge < -0.3 is 10.1 Å². The van der Waals surface area contributed by atoms with Gasteiger partial charge in [-0.2, -0.15) is 0 Å². The highest BCUT2D eigenvalue weighted by Crippen LogP contribution is 2.25. The predicted molar refractivity (Wildman–Crippen MR) is 88.8 cm³/mol. The maximum atomic E-state index is 12.2. The van der Waals surface area contributed by atoms with E-state index in [1.165, 1.54) is 5.56 Å². The highest BCUT2D eigenvalue weighted by molar-refractivity contribution is 9.10. The van der Waals surface area contributed by atoms with Crippen LogP contribution in [0.2, 0.25) is 0 Å². The average molecular weight is 348 g/mol. The number of rotatable bonds is 4. The molecule has 0 aliphatic carbocycles. The zero-order chi connectivity index (χ0) is 15.4. The fraction of sp³-hybridized carbons (Fsp3) is 0.235. The van der Waals surface area contributed by atoms with Gasteiger partial charge in [0.05, 0.1) is 4.47 Å². The summed E-state index contributed by atoms with van der Waals surface area (Å²) in [6.45, 7) is 5.73. The van der Waals surface area contributed by atoms with Gasteiger partial charge in [0.25, 0.3) is 5.91 Å². The molecule has 3 nitrogen and oxygen atoms in total. The molecule has 2 aromatic carbocycles. The highest BCUT2D eigenvalue weighted by Gasteiger charge is 2.16. The van der Waals surface area contributed by atoms with Crippen molar-refractivity contribution in [3.8, 4) is 5.75 Å². The first kappa shape index (κ1) is 15.6. The van der Waals surface area contributed by atoms with Crippen LogP contribution in [0, 0.1) is 13.8 Å². The second-order valence-corrected chi connectivity index (χ2v) is 5.85. The van der Waals surface area contributed by atoms with Crippen LogP contribution in [-0.2, 0) is 4.79 Å². The maximum Gasteiger partial charge on any atom is 0.265 e. The molecule has 0 aromatic heterocycles. The highest BCUT2D eigenvalue weighted by atomic mass is 79.9. The molecule has 0 spiro atoms. The fourth-order valence-electron chi connectivity index (χ4n) is 1.97.